The Kier molecular flexibility index (Phi) is 4.20. The van der Waals surface area contributed by atoms with Crippen molar-refractivity contribution in [3.63, 3.8) is 0 Å². The molecule has 1 aliphatic rings. The van der Waals surface area contributed by atoms with Crippen molar-refractivity contribution in [1.29, 1.82) is 0 Å². The molecule has 1 heterocycles. The molecule has 4 nitrogen and oxygen atoms in total. The molecule has 0 aliphatic carbocycles. The van der Waals surface area contributed by atoms with E-state index in [1.165, 1.54) is 0 Å². The molecule has 6 heteroatoms. The normalized spacial score (nSPS) is 25.5. The summed E-state index contributed by atoms with van der Waals surface area (Å²) in [5.41, 5.74) is 6.56. The van der Waals surface area contributed by atoms with Crippen LogP contribution in [0.15, 0.2) is 23.1 Å². The highest BCUT2D eigenvalue weighted by Gasteiger charge is 2.34. The Hall–Kier alpha value is -0.620. The molecular formula is C13H19ClN2O2S. The van der Waals surface area contributed by atoms with Crippen molar-refractivity contribution in [3.05, 3.63) is 28.8 Å². The van der Waals surface area contributed by atoms with E-state index >= 15 is 0 Å². The van der Waals surface area contributed by atoms with Gasteiger partial charge in [0.15, 0.2) is 0 Å². The van der Waals surface area contributed by atoms with Crippen LogP contribution >= 0.6 is 11.6 Å². The van der Waals surface area contributed by atoms with Crippen molar-refractivity contribution in [3.8, 4) is 0 Å². The lowest BCUT2D eigenvalue weighted by Gasteiger charge is -2.35. The Balaban J connectivity index is 2.37. The number of hydrogen-bond acceptors (Lipinski definition) is 3. The third kappa shape index (κ3) is 2.94. The van der Waals surface area contributed by atoms with Crippen molar-refractivity contribution in [1.82, 2.24) is 4.31 Å². The van der Waals surface area contributed by atoms with Crippen LogP contribution in [0.1, 0.15) is 25.3 Å². The van der Waals surface area contributed by atoms with Crippen LogP contribution in [0.5, 0.6) is 0 Å². The number of hydrogen-bond donors (Lipinski definition) is 1. The summed E-state index contributed by atoms with van der Waals surface area (Å²) >= 11 is 5.88. The van der Waals surface area contributed by atoms with Gasteiger partial charge in [0.1, 0.15) is 0 Å². The van der Waals surface area contributed by atoms with E-state index in [9.17, 15) is 8.42 Å². The van der Waals surface area contributed by atoms with Crippen molar-refractivity contribution in [2.45, 2.75) is 43.7 Å². The van der Waals surface area contributed by atoms with E-state index in [-0.39, 0.29) is 12.1 Å². The summed E-state index contributed by atoms with van der Waals surface area (Å²) in [7, 11) is -3.46. The molecule has 0 amide bonds. The second kappa shape index (κ2) is 5.40. The molecule has 2 atom stereocenters. The van der Waals surface area contributed by atoms with Crippen LogP contribution in [0.4, 0.5) is 0 Å². The average Bonchev–Trinajstić information content (AvgIpc) is 2.27. The van der Waals surface area contributed by atoms with Crippen LogP contribution in [0.3, 0.4) is 0 Å². The average molecular weight is 303 g/mol. The van der Waals surface area contributed by atoms with Gasteiger partial charge < -0.3 is 5.73 Å². The number of piperidine rings is 1. The van der Waals surface area contributed by atoms with E-state index in [1.54, 1.807) is 29.4 Å². The highest BCUT2D eigenvalue weighted by Crippen LogP contribution is 2.27. The van der Waals surface area contributed by atoms with Gasteiger partial charge in [-0.2, -0.15) is 4.31 Å². The maximum Gasteiger partial charge on any atom is 0.243 e. The lowest BCUT2D eigenvalue weighted by molar-refractivity contribution is 0.247. The van der Waals surface area contributed by atoms with Gasteiger partial charge in [0, 0.05) is 23.7 Å². The maximum atomic E-state index is 12.7. The Labute approximate surface area is 119 Å². The topological polar surface area (TPSA) is 63.4 Å². The summed E-state index contributed by atoms with van der Waals surface area (Å²) in [4.78, 5) is 0.333. The summed E-state index contributed by atoms with van der Waals surface area (Å²) in [5, 5.41) is 0.546. The van der Waals surface area contributed by atoms with Gasteiger partial charge in [0.05, 0.1) is 4.90 Å². The molecule has 1 aliphatic heterocycles. The molecule has 0 radical (unpaired) electrons. The lowest BCUT2D eigenvalue weighted by Crippen LogP contribution is -2.48. The summed E-state index contributed by atoms with van der Waals surface area (Å²) in [5.74, 6) is 0. The fourth-order valence-corrected chi connectivity index (χ4v) is 4.66. The predicted octanol–water partition coefficient (Wildman–Crippen LogP) is 2.15. The molecule has 0 aromatic heterocycles. The quantitative estimate of drug-likeness (QED) is 0.910. The standard InChI is InChI=1S/C13H19ClN2O2S/c1-9-7-11(14)3-4-13(9)19(17,18)16-6-5-12(15)8-10(16)2/h3-4,7,10,12H,5-6,8,15H2,1-2H3/t10-,12+/m0/s1. The highest BCUT2D eigenvalue weighted by molar-refractivity contribution is 7.89. The summed E-state index contributed by atoms with van der Waals surface area (Å²) in [6, 6.07) is 4.89. The molecule has 1 aromatic rings. The molecule has 1 fully saturated rings. The highest BCUT2D eigenvalue weighted by atomic mass is 35.5. The van der Waals surface area contributed by atoms with Crippen LogP contribution in [0, 0.1) is 6.92 Å². The Morgan fingerprint density at radius 1 is 1.42 bits per heavy atom. The first-order valence-electron chi connectivity index (χ1n) is 6.36. The van der Waals surface area contributed by atoms with Gasteiger partial charge >= 0.3 is 0 Å². The first kappa shape index (κ1) is 14.8. The predicted molar refractivity (Wildman–Crippen MR) is 76.8 cm³/mol. The minimum atomic E-state index is -3.46. The van der Waals surface area contributed by atoms with E-state index in [1.807, 2.05) is 6.92 Å². The van der Waals surface area contributed by atoms with Gasteiger partial charge in [-0.3, -0.25) is 0 Å². The summed E-state index contributed by atoms with van der Waals surface area (Å²) in [6.45, 7) is 4.15. The minimum Gasteiger partial charge on any atom is -0.328 e. The van der Waals surface area contributed by atoms with Crippen LogP contribution in [0.25, 0.3) is 0 Å². The van der Waals surface area contributed by atoms with Gasteiger partial charge in [0.2, 0.25) is 10.0 Å². The van der Waals surface area contributed by atoms with Crippen LogP contribution in [0.2, 0.25) is 5.02 Å². The van der Waals surface area contributed by atoms with E-state index < -0.39 is 10.0 Å². The zero-order valence-electron chi connectivity index (χ0n) is 11.1. The van der Waals surface area contributed by atoms with E-state index in [4.69, 9.17) is 17.3 Å². The molecular weight excluding hydrogens is 284 g/mol. The molecule has 19 heavy (non-hydrogen) atoms. The van der Waals surface area contributed by atoms with Gasteiger partial charge in [-0.25, -0.2) is 8.42 Å². The number of benzene rings is 1. The first-order valence-corrected chi connectivity index (χ1v) is 8.17. The monoisotopic (exact) mass is 302 g/mol. The molecule has 0 bridgehead atoms. The molecule has 0 spiro atoms. The van der Waals surface area contributed by atoms with Gasteiger partial charge in [-0.05, 0) is 50.5 Å². The summed E-state index contributed by atoms with van der Waals surface area (Å²) < 4.78 is 26.9. The maximum absolute atomic E-state index is 12.7. The second-order valence-corrected chi connectivity index (χ2v) is 7.45. The third-order valence-corrected chi connectivity index (χ3v) is 5.99. The fraction of sp³-hybridized carbons (Fsp3) is 0.538. The Morgan fingerprint density at radius 3 is 2.68 bits per heavy atom. The second-order valence-electron chi connectivity index (χ2n) is 5.16. The smallest absolute Gasteiger partial charge is 0.243 e. The van der Waals surface area contributed by atoms with Crippen LogP contribution in [-0.2, 0) is 10.0 Å². The first-order chi connectivity index (χ1) is 8.82. The summed E-state index contributed by atoms with van der Waals surface area (Å²) in [6.07, 6.45) is 1.40. The SMILES string of the molecule is Cc1cc(Cl)ccc1S(=O)(=O)N1CC[C@@H](N)C[C@@H]1C. The number of aryl methyl sites for hydroxylation is 1. The van der Waals surface area contributed by atoms with Gasteiger partial charge in [-0.1, -0.05) is 11.6 Å². The Bertz CT molecular complexity index is 574. The van der Waals surface area contributed by atoms with Crippen LogP contribution < -0.4 is 5.73 Å². The number of sulfonamides is 1. The fourth-order valence-electron chi connectivity index (χ4n) is 2.57. The molecule has 2 N–H and O–H groups in total. The molecule has 1 saturated heterocycles. The van der Waals surface area contributed by atoms with Gasteiger partial charge in [0.25, 0.3) is 0 Å². The zero-order chi connectivity index (χ0) is 14.2. The largest absolute Gasteiger partial charge is 0.328 e. The molecule has 0 unspecified atom stereocenters. The number of nitrogens with two attached hydrogens (primary N) is 1. The van der Waals surface area contributed by atoms with E-state index in [2.05, 4.69) is 0 Å². The van der Waals surface area contributed by atoms with E-state index in [0.29, 0.717) is 34.9 Å². The van der Waals surface area contributed by atoms with Crippen molar-refractivity contribution >= 4 is 21.6 Å². The van der Waals surface area contributed by atoms with E-state index in [0.717, 1.165) is 0 Å². The number of rotatable bonds is 2. The van der Waals surface area contributed by atoms with Crippen LogP contribution in [-0.4, -0.2) is 31.4 Å². The molecule has 1 aromatic carbocycles. The minimum absolute atomic E-state index is 0.0659. The molecule has 2 rings (SSSR count). The number of halogens is 1. The van der Waals surface area contributed by atoms with Crippen molar-refractivity contribution in [2.24, 2.45) is 5.73 Å². The van der Waals surface area contributed by atoms with Crippen molar-refractivity contribution in [2.75, 3.05) is 6.54 Å². The Morgan fingerprint density at radius 2 is 2.11 bits per heavy atom. The lowest BCUT2D eigenvalue weighted by atomic mass is 10.0. The third-order valence-electron chi connectivity index (χ3n) is 3.58. The van der Waals surface area contributed by atoms with Gasteiger partial charge in [-0.15, -0.1) is 0 Å². The molecule has 106 valence electrons. The molecule has 0 saturated carbocycles. The number of nitrogens with zero attached hydrogens (tertiary/aromatic N) is 1. The van der Waals surface area contributed by atoms with Crippen molar-refractivity contribution < 1.29 is 8.42 Å². The zero-order valence-corrected chi connectivity index (χ0v) is 12.7.